The average Bonchev–Trinajstić information content (AvgIpc) is 1.91. The number of halogens is 2. The molecule has 3 nitrogen and oxygen atoms in total. The number of rotatable bonds is 2. The Morgan fingerprint density at radius 1 is 1.27 bits per heavy atom. The van der Waals surface area contributed by atoms with E-state index in [2.05, 4.69) is 15.3 Å². The van der Waals surface area contributed by atoms with Crippen LogP contribution in [0.4, 0.5) is 0 Å². The number of nitrogens with one attached hydrogen (secondary N) is 1. The molecule has 5 heteroatoms. The smallest absolute Gasteiger partial charge is 0.141 e. The van der Waals surface area contributed by atoms with Crippen LogP contribution in [0, 0.1) is 0 Å². The lowest BCUT2D eigenvalue weighted by atomic mass is 10.5. The summed E-state index contributed by atoms with van der Waals surface area (Å²) in [5, 5.41) is 2.96. The molecule has 11 heavy (non-hydrogen) atoms. The summed E-state index contributed by atoms with van der Waals surface area (Å²) in [6.45, 7) is 0.737. The first-order valence-electron chi connectivity index (χ1n) is 2.84. The quantitative estimate of drug-likeness (QED) is 0.767. The van der Waals surface area contributed by atoms with Crippen molar-refractivity contribution in [1.82, 2.24) is 15.3 Å². The molecule has 0 aliphatic heterocycles. The van der Waals surface area contributed by atoms with Gasteiger partial charge in [0.1, 0.15) is 5.82 Å². The Labute approximate surface area is 78.5 Å². The minimum Gasteiger partial charge on any atom is -0.313 e. The molecular weight excluding hydrogens is 185 g/mol. The first-order valence-corrected chi connectivity index (χ1v) is 2.84. The van der Waals surface area contributed by atoms with Gasteiger partial charge in [-0.25, -0.2) is 9.97 Å². The molecule has 1 N–H and O–H groups in total. The normalized spacial score (nSPS) is 7.73. The molecule has 0 aromatic carbocycles. The minimum absolute atomic E-state index is 0. The molecule has 1 rings (SSSR count). The zero-order valence-electron chi connectivity index (χ0n) is 6.15. The third kappa shape index (κ3) is 4.95. The van der Waals surface area contributed by atoms with Crippen LogP contribution >= 0.6 is 24.8 Å². The third-order valence-corrected chi connectivity index (χ3v) is 0.954. The van der Waals surface area contributed by atoms with Crippen LogP contribution in [-0.2, 0) is 6.54 Å². The second kappa shape index (κ2) is 7.72. The molecule has 0 saturated carbocycles. The molecule has 0 aliphatic rings. The van der Waals surface area contributed by atoms with Crippen molar-refractivity contribution < 1.29 is 0 Å². The fourth-order valence-corrected chi connectivity index (χ4v) is 0.579. The van der Waals surface area contributed by atoms with Gasteiger partial charge in [-0.15, -0.1) is 24.8 Å². The van der Waals surface area contributed by atoms with Crippen molar-refractivity contribution in [1.29, 1.82) is 0 Å². The Bertz CT molecular complexity index is 169. The van der Waals surface area contributed by atoms with E-state index >= 15 is 0 Å². The van der Waals surface area contributed by atoms with Gasteiger partial charge >= 0.3 is 0 Å². The third-order valence-electron chi connectivity index (χ3n) is 0.954. The van der Waals surface area contributed by atoms with Crippen LogP contribution in [0.5, 0.6) is 0 Å². The van der Waals surface area contributed by atoms with Crippen LogP contribution in [-0.4, -0.2) is 17.0 Å². The molecule has 0 atom stereocenters. The Hall–Kier alpha value is -0.380. The van der Waals surface area contributed by atoms with E-state index in [1.165, 1.54) is 0 Å². The maximum Gasteiger partial charge on any atom is 0.141 e. The summed E-state index contributed by atoms with van der Waals surface area (Å²) in [5.74, 6) is 0.833. The zero-order chi connectivity index (χ0) is 6.53. The number of hydrogen-bond acceptors (Lipinski definition) is 3. The molecular formula is C6H11Cl2N3. The van der Waals surface area contributed by atoms with E-state index in [-0.39, 0.29) is 24.8 Å². The van der Waals surface area contributed by atoms with Gasteiger partial charge in [0.05, 0.1) is 6.54 Å². The van der Waals surface area contributed by atoms with Crippen LogP contribution in [0.1, 0.15) is 5.82 Å². The molecule has 64 valence electrons. The lowest BCUT2D eigenvalue weighted by Crippen LogP contribution is -2.07. The standard InChI is InChI=1S/C6H9N3.2ClH/c1-7-5-6-8-3-2-4-9-6;;/h2-4,7H,5H2,1H3;2*1H. The first-order chi connectivity index (χ1) is 4.43. The van der Waals surface area contributed by atoms with Gasteiger partial charge in [0, 0.05) is 12.4 Å². The van der Waals surface area contributed by atoms with Gasteiger partial charge in [-0.3, -0.25) is 0 Å². The monoisotopic (exact) mass is 195 g/mol. The Kier molecular flexibility index (Phi) is 9.29. The lowest BCUT2D eigenvalue weighted by Gasteiger charge is -1.93. The van der Waals surface area contributed by atoms with E-state index < -0.39 is 0 Å². The van der Waals surface area contributed by atoms with Gasteiger partial charge in [-0.1, -0.05) is 0 Å². The lowest BCUT2D eigenvalue weighted by molar-refractivity contribution is 0.758. The SMILES string of the molecule is CNCc1ncccn1.Cl.Cl. The number of aromatic nitrogens is 2. The van der Waals surface area contributed by atoms with E-state index in [9.17, 15) is 0 Å². The van der Waals surface area contributed by atoms with Gasteiger partial charge in [0.15, 0.2) is 0 Å². The molecule has 0 aliphatic carbocycles. The Morgan fingerprint density at radius 3 is 2.27 bits per heavy atom. The van der Waals surface area contributed by atoms with Crippen LogP contribution in [0.15, 0.2) is 18.5 Å². The Balaban J connectivity index is 0. The van der Waals surface area contributed by atoms with Crippen molar-refractivity contribution in [2.75, 3.05) is 7.05 Å². The second-order valence-corrected chi connectivity index (χ2v) is 1.70. The second-order valence-electron chi connectivity index (χ2n) is 1.70. The zero-order valence-corrected chi connectivity index (χ0v) is 7.78. The molecule has 1 heterocycles. The molecule has 0 amide bonds. The van der Waals surface area contributed by atoms with Gasteiger partial charge in [-0.2, -0.15) is 0 Å². The molecule has 0 radical (unpaired) electrons. The molecule has 1 aromatic heterocycles. The number of hydrogen-bond donors (Lipinski definition) is 1. The highest BCUT2D eigenvalue weighted by Crippen LogP contribution is 1.83. The van der Waals surface area contributed by atoms with Gasteiger partial charge in [0.2, 0.25) is 0 Å². The van der Waals surface area contributed by atoms with Crippen molar-refractivity contribution in [2.24, 2.45) is 0 Å². The maximum absolute atomic E-state index is 3.99. The van der Waals surface area contributed by atoms with Gasteiger partial charge in [0.25, 0.3) is 0 Å². The van der Waals surface area contributed by atoms with E-state index in [0.717, 1.165) is 12.4 Å². The summed E-state index contributed by atoms with van der Waals surface area (Å²) in [4.78, 5) is 7.99. The predicted molar refractivity (Wildman–Crippen MR) is 49.3 cm³/mol. The summed E-state index contributed by atoms with van der Waals surface area (Å²) in [7, 11) is 1.87. The summed E-state index contributed by atoms with van der Waals surface area (Å²) >= 11 is 0. The van der Waals surface area contributed by atoms with Crippen molar-refractivity contribution in [3.8, 4) is 0 Å². The molecule has 0 fully saturated rings. The van der Waals surface area contributed by atoms with Crippen molar-refractivity contribution >= 4 is 24.8 Å². The fourth-order valence-electron chi connectivity index (χ4n) is 0.579. The summed E-state index contributed by atoms with van der Waals surface area (Å²) in [5.41, 5.74) is 0. The fraction of sp³-hybridized carbons (Fsp3) is 0.333. The molecule has 0 spiro atoms. The highest BCUT2D eigenvalue weighted by Gasteiger charge is 1.87. The average molecular weight is 196 g/mol. The maximum atomic E-state index is 3.99. The van der Waals surface area contributed by atoms with Crippen molar-refractivity contribution in [3.63, 3.8) is 0 Å². The molecule has 0 saturated heterocycles. The molecule has 1 aromatic rings. The highest BCUT2D eigenvalue weighted by molar-refractivity contribution is 5.85. The van der Waals surface area contributed by atoms with Crippen molar-refractivity contribution in [2.45, 2.75) is 6.54 Å². The largest absolute Gasteiger partial charge is 0.313 e. The Morgan fingerprint density at radius 2 is 1.82 bits per heavy atom. The van der Waals surface area contributed by atoms with Crippen LogP contribution in [0.3, 0.4) is 0 Å². The predicted octanol–water partition coefficient (Wildman–Crippen LogP) is 1.04. The van der Waals surface area contributed by atoms with Gasteiger partial charge in [-0.05, 0) is 13.1 Å². The van der Waals surface area contributed by atoms with Crippen LogP contribution in [0.25, 0.3) is 0 Å². The van der Waals surface area contributed by atoms with Gasteiger partial charge < -0.3 is 5.32 Å². The summed E-state index contributed by atoms with van der Waals surface area (Å²) in [6, 6.07) is 1.80. The number of nitrogens with zero attached hydrogens (tertiary/aromatic N) is 2. The van der Waals surface area contributed by atoms with Crippen LogP contribution in [0.2, 0.25) is 0 Å². The minimum atomic E-state index is 0. The summed E-state index contributed by atoms with van der Waals surface area (Å²) < 4.78 is 0. The molecule has 0 unspecified atom stereocenters. The topological polar surface area (TPSA) is 37.8 Å². The summed E-state index contributed by atoms with van der Waals surface area (Å²) in [6.07, 6.45) is 3.47. The first kappa shape index (κ1) is 13.2. The van der Waals surface area contributed by atoms with E-state index in [1.54, 1.807) is 18.5 Å². The van der Waals surface area contributed by atoms with Crippen LogP contribution < -0.4 is 5.32 Å². The van der Waals surface area contributed by atoms with E-state index in [1.807, 2.05) is 7.05 Å². The van der Waals surface area contributed by atoms with E-state index in [0.29, 0.717) is 0 Å². The van der Waals surface area contributed by atoms with Crippen molar-refractivity contribution in [3.05, 3.63) is 24.3 Å². The highest BCUT2D eigenvalue weighted by atomic mass is 35.5. The molecule has 0 bridgehead atoms. The van der Waals surface area contributed by atoms with E-state index in [4.69, 9.17) is 0 Å².